The molecule has 0 aromatic heterocycles. The van der Waals surface area contributed by atoms with Gasteiger partial charge in [-0.1, -0.05) is 95.7 Å². The van der Waals surface area contributed by atoms with Crippen molar-refractivity contribution in [1.29, 1.82) is 0 Å². The van der Waals surface area contributed by atoms with Gasteiger partial charge in [0.05, 0.1) is 0 Å². The molecular formula is C28H39F. The fourth-order valence-corrected chi connectivity index (χ4v) is 5.15. The number of benzene rings is 2. The Bertz CT molecular complexity index is 737. The molecule has 0 N–H and O–H groups in total. The van der Waals surface area contributed by atoms with Crippen LogP contribution in [0.2, 0.25) is 0 Å². The van der Waals surface area contributed by atoms with E-state index in [0.29, 0.717) is 5.92 Å². The summed E-state index contributed by atoms with van der Waals surface area (Å²) in [5.41, 5.74) is 4.24. The average Bonchev–Trinajstić information content (AvgIpc) is 2.75. The second-order valence-corrected chi connectivity index (χ2v) is 9.25. The Morgan fingerprint density at radius 2 is 1.62 bits per heavy atom. The molecule has 0 spiro atoms. The van der Waals surface area contributed by atoms with E-state index in [1.54, 1.807) is 6.07 Å². The van der Waals surface area contributed by atoms with Gasteiger partial charge in [-0.3, -0.25) is 0 Å². The van der Waals surface area contributed by atoms with E-state index in [9.17, 15) is 4.39 Å². The highest BCUT2D eigenvalue weighted by Crippen LogP contribution is 2.39. The van der Waals surface area contributed by atoms with Gasteiger partial charge in [0.2, 0.25) is 0 Å². The second kappa shape index (κ2) is 11.0. The SMILES string of the molecule is CCCCCc1ccc(-c2ccc(C(C)C3CCC(CCC)CC3)cc2)c(F)c1. The summed E-state index contributed by atoms with van der Waals surface area (Å²) in [4.78, 5) is 0. The van der Waals surface area contributed by atoms with Crippen molar-refractivity contribution in [3.05, 3.63) is 59.4 Å². The molecule has 158 valence electrons. The predicted octanol–water partition coefficient (Wildman–Crippen LogP) is 8.94. The monoisotopic (exact) mass is 394 g/mol. The van der Waals surface area contributed by atoms with Gasteiger partial charge in [-0.15, -0.1) is 0 Å². The Hall–Kier alpha value is -1.63. The topological polar surface area (TPSA) is 0 Å². The Morgan fingerprint density at radius 3 is 2.24 bits per heavy atom. The molecule has 0 nitrogen and oxygen atoms in total. The molecule has 1 atom stereocenters. The number of unbranched alkanes of at least 4 members (excludes halogenated alkanes) is 2. The summed E-state index contributed by atoms with van der Waals surface area (Å²) >= 11 is 0. The highest BCUT2D eigenvalue weighted by atomic mass is 19.1. The first-order valence-corrected chi connectivity index (χ1v) is 12.0. The molecule has 0 bridgehead atoms. The minimum atomic E-state index is -0.0888. The van der Waals surface area contributed by atoms with Crippen LogP contribution in [0.3, 0.4) is 0 Å². The van der Waals surface area contributed by atoms with Crippen molar-refractivity contribution in [2.45, 2.75) is 90.9 Å². The molecule has 0 aliphatic heterocycles. The largest absolute Gasteiger partial charge is 0.206 e. The zero-order valence-electron chi connectivity index (χ0n) is 18.7. The molecule has 0 heterocycles. The van der Waals surface area contributed by atoms with Crippen LogP contribution in [0.4, 0.5) is 4.39 Å². The van der Waals surface area contributed by atoms with Crippen molar-refractivity contribution >= 4 is 0 Å². The average molecular weight is 395 g/mol. The third-order valence-electron chi connectivity index (χ3n) is 7.15. The zero-order chi connectivity index (χ0) is 20.6. The van der Waals surface area contributed by atoms with Crippen LogP contribution in [0.5, 0.6) is 0 Å². The van der Waals surface area contributed by atoms with Gasteiger partial charge in [-0.2, -0.15) is 0 Å². The molecule has 0 radical (unpaired) electrons. The maximum absolute atomic E-state index is 14.7. The highest BCUT2D eigenvalue weighted by molar-refractivity contribution is 5.65. The lowest BCUT2D eigenvalue weighted by molar-refractivity contribution is 0.239. The maximum Gasteiger partial charge on any atom is 0.131 e. The van der Waals surface area contributed by atoms with E-state index in [1.807, 2.05) is 6.07 Å². The molecule has 2 aromatic carbocycles. The van der Waals surface area contributed by atoms with Crippen LogP contribution in [0.15, 0.2) is 42.5 Å². The third-order valence-corrected chi connectivity index (χ3v) is 7.15. The van der Waals surface area contributed by atoms with Crippen molar-refractivity contribution in [2.24, 2.45) is 11.8 Å². The molecule has 1 fully saturated rings. The highest BCUT2D eigenvalue weighted by Gasteiger charge is 2.25. The van der Waals surface area contributed by atoms with Crippen molar-refractivity contribution < 1.29 is 4.39 Å². The summed E-state index contributed by atoms with van der Waals surface area (Å²) in [6, 6.07) is 14.5. The number of hydrogen-bond donors (Lipinski definition) is 0. The van der Waals surface area contributed by atoms with Gasteiger partial charge in [0.15, 0.2) is 0 Å². The maximum atomic E-state index is 14.7. The summed E-state index contributed by atoms with van der Waals surface area (Å²) < 4.78 is 14.7. The van der Waals surface area contributed by atoms with Crippen LogP contribution in [-0.2, 0) is 6.42 Å². The van der Waals surface area contributed by atoms with Gasteiger partial charge in [0, 0.05) is 5.56 Å². The minimum Gasteiger partial charge on any atom is -0.206 e. The third kappa shape index (κ3) is 5.93. The van der Waals surface area contributed by atoms with Crippen LogP contribution >= 0.6 is 0 Å². The number of halogens is 1. The van der Waals surface area contributed by atoms with E-state index in [4.69, 9.17) is 0 Å². The van der Waals surface area contributed by atoms with E-state index in [1.165, 1.54) is 56.9 Å². The van der Waals surface area contributed by atoms with E-state index in [-0.39, 0.29) is 5.82 Å². The van der Waals surface area contributed by atoms with Crippen LogP contribution in [0.1, 0.15) is 95.6 Å². The lowest BCUT2D eigenvalue weighted by Crippen LogP contribution is -2.19. The summed E-state index contributed by atoms with van der Waals surface area (Å²) in [5.74, 6) is 2.26. The number of aryl methyl sites for hydroxylation is 1. The van der Waals surface area contributed by atoms with Gasteiger partial charge in [0.25, 0.3) is 0 Å². The normalized spacial score (nSPS) is 20.6. The van der Waals surface area contributed by atoms with Gasteiger partial charge in [-0.25, -0.2) is 4.39 Å². The van der Waals surface area contributed by atoms with E-state index >= 15 is 0 Å². The summed E-state index contributed by atoms with van der Waals surface area (Å²) in [7, 11) is 0. The van der Waals surface area contributed by atoms with E-state index in [0.717, 1.165) is 41.4 Å². The molecule has 0 amide bonds. The lowest BCUT2D eigenvalue weighted by Gasteiger charge is -2.32. The molecule has 29 heavy (non-hydrogen) atoms. The first-order valence-electron chi connectivity index (χ1n) is 12.0. The Balaban J connectivity index is 1.62. The molecule has 1 heteroatoms. The molecule has 1 unspecified atom stereocenters. The predicted molar refractivity (Wildman–Crippen MR) is 124 cm³/mol. The second-order valence-electron chi connectivity index (χ2n) is 9.25. The van der Waals surface area contributed by atoms with Gasteiger partial charge >= 0.3 is 0 Å². The minimum absolute atomic E-state index is 0.0888. The smallest absolute Gasteiger partial charge is 0.131 e. The zero-order valence-corrected chi connectivity index (χ0v) is 18.7. The lowest BCUT2D eigenvalue weighted by atomic mass is 9.73. The van der Waals surface area contributed by atoms with Gasteiger partial charge in [0.1, 0.15) is 5.82 Å². The summed E-state index contributed by atoms with van der Waals surface area (Å²) in [5, 5.41) is 0. The van der Waals surface area contributed by atoms with Crippen LogP contribution in [0.25, 0.3) is 11.1 Å². The first-order chi connectivity index (χ1) is 14.1. The first kappa shape index (κ1) is 22.1. The Morgan fingerprint density at radius 1 is 0.897 bits per heavy atom. The number of rotatable bonds is 9. The van der Waals surface area contributed by atoms with Crippen molar-refractivity contribution in [3.63, 3.8) is 0 Å². The van der Waals surface area contributed by atoms with Gasteiger partial charge in [-0.05, 0) is 66.2 Å². The molecular weight excluding hydrogens is 355 g/mol. The molecule has 1 aliphatic carbocycles. The quantitative estimate of drug-likeness (QED) is 0.372. The molecule has 1 saturated carbocycles. The van der Waals surface area contributed by atoms with E-state index < -0.39 is 0 Å². The fourth-order valence-electron chi connectivity index (χ4n) is 5.15. The Labute approximate surface area is 177 Å². The molecule has 2 aromatic rings. The van der Waals surface area contributed by atoms with Crippen LogP contribution in [-0.4, -0.2) is 0 Å². The van der Waals surface area contributed by atoms with Crippen molar-refractivity contribution in [3.8, 4) is 11.1 Å². The van der Waals surface area contributed by atoms with Crippen LogP contribution < -0.4 is 0 Å². The summed E-state index contributed by atoms with van der Waals surface area (Å²) in [6.45, 7) is 6.89. The van der Waals surface area contributed by atoms with Crippen molar-refractivity contribution in [2.75, 3.05) is 0 Å². The Kier molecular flexibility index (Phi) is 8.33. The molecule has 3 rings (SSSR count). The standard InChI is InChI=1S/C28H39F/c1-4-6-7-9-23-12-19-27(28(29)20-23)26-17-15-25(16-18-26)21(3)24-13-10-22(8-5-2)11-14-24/h12,15-22,24H,4-11,13-14H2,1-3H3. The summed E-state index contributed by atoms with van der Waals surface area (Å²) in [6.07, 6.45) is 12.8. The van der Waals surface area contributed by atoms with Crippen molar-refractivity contribution in [1.82, 2.24) is 0 Å². The van der Waals surface area contributed by atoms with Crippen LogP contribution in [0, 0.1) is 17.7 Å². The van der Waals surface area contributed by atoms with E-state index in [2.05, 4.69) is 51.1 Å². The fraction of sp³-hybridized carbons (Fsp3) is 0.571. The van der Waals surface area contributed by atoms with Gasteiger partial charge < -0.3 is 0 Å². The molecule has 0 saturated heterocycles. The number of hydrogen-bond acceptors (Lipinski definition) is 0. The molecule has 1 aliphatic rings.